The molecule has 56 heavy (non-hydrogen) atoms. The summed E-state index contributed by atoms with van der Waals surface area (Å²) in [6, 6.07) is 7.94. The molecule has 0 fully saturated rings. The molecule has 0 atom stereocenters. The molecule has 0 unspecified atom stereocenters. The van der Waals surface area contributed by atoms with Crippen LogP contribution in [0.3, 0.4) is 0 Å². The Bertz CT molecular complexity index is 1480. The number of rotatable bonds is 20. The zero-order valence-corrected chi connectivity index (χ0v) is 38.0. The molecule has 314 valence electrons. The molecule has 1 aromatic heterocycles. The maximum atomic E-state index is 11.4. The molecule has 0 aliphatic rings. The zero-order chi connectivity index (χ0) is 41.9. The summed E-state index contributed by atoms with van der Waals surface area (Å²) in [5.41, 5.74) is 1.92. The van der Waals surface area contributed by atoms with Gasteiger partial charge in [-0.05, 0) is 51.8 Å². The maximum Gasteiger partial charge on any atom is 0.328 e. The monoisotopic (exact) mass is 774 g/mol. The average Bonchev–Trinajstić information content (AvgIpc) is 3.07. The van der Waals surface area contributed by atoms with E-state index in [-0.39, 0.29) is 33.7 Å². The number of benzene rings is 2. The van der Waals surface area contributed by atoms with E-state index < -0.39 is 0 Å². The number of phenols is 2. The quantitative estimate of drug-likeness (QED) is 0.110. The number of ether oxygens (including phenoxy) is 2. The van der Waals surface area contributed by atoms with Gasteiger partial charge in [0.25, 0.3) is 0 Å². The topological polar surface area (TPSA) is 97.6 Å². The van der Waals surface area contributed by atoms with Crippen molar-refractivity contribution in [2.75, 3.05) is 0 Å². The summed E-state index contributed by atoms with van der Waals surface area (Å²) in [6.45, 7) is 29.6. The van der Waals surface area contributed by atoms with E-state index in [2.05, 4.69) is 96.9 Å². The van der Waals surface area contributed by atoms with Crippen LogP contribution < -0.4 is 9.47 Å². The summed E-state index contributed by atoms with van der Waals surface area (Å²) in [6.07, 6.45) is 18.3. The van der Waals surface area contributed by atoms with Crippen LogP contribution in [-0.4, -0.2) is 25.2 Å². The second-order valence-electron chi connectivity index (χ2n) is 20.4. The summed E-state index contributed by atoms with van der Waals surface area (Å²) in [7, 11) is 0. The summed E-state index contributed by atoms with van der Waals surface area (Å²) in [4.78, 5) is 14.7. The summed E-state index contributed by atoms with van der Waals surface area (Å²) in [5, 5.41) is 22.8. The Hall–Kier alpha value is -3.35. The Balaban J connectivity index is 2.11. The van der Waals surface area contributed by atoms with E-state index in [0.29, 0.717) is 41.2 Å². The minimum atomic E-state index is -0.323. The maximum absolute atomic E-state index is 11.4. The Morgan fingerprint density at radius 3 is 1.07 bits per heavy atom. The van der Waals surface area contributed by atoms with Gasteiger partial charge in [0.05, 0.1) is 0 Å². The predicted molar refractivity (Wildman–Crippen MR) is 234 cm³/mol. The molecule has 0 aliphatic carbocycles. The second kappa shape index (κ2) is 20.4. The third-order valence-corrected chi connectivity index (χ3v) is 10.9. The van der Waals surface area contributed by atoms with Crippen molar-refractivity contribution >= 4 is 0 Å². The van der Waals surface area contributed by atoms with Gasteiger partial charge < -0.3 is 19.7 Å². The van der Waals surface area contributed by atoms with Gasteiger partial charge in [-0.15, -0.1) is 4.98 Å². The lowest BCUT2D eigenvalue weighted by atomic mass is 9.79. The van der Waals surface area contributed by atoms with E-state index >= 15 is 0 Å². The number of phenolic OH excluding ortho intramolecular Hbond substituents is 2. The highest BCUT2D eigenvalue weighted by Crippen LogP contribution is 2.44. The van der Waals surface area contributed by atoms with Gasteiger partial charge in [-0.3, -0.25) is 0 Å². The molecule has 7 heteroatoms. The van der Waals surface area contributed by atoms with Crippen molar-refractivity contribution in [3.63, 3.8) is 0 Å². The van der Waals surface area contributed by atoms with Gasteiger partial charge in [-0.2, -0.15) is 9.97 Å². The van der Waals surface area contributed by atoms with Crippen LogP contribution in [0.5, 0.6) is 35.0 Å². The van der Waals surface area contributed by atoms with Gasteiger partial charge in [-0.1, -0.05) is 187 Å². The fraction of sp³-hybridized carbons (Fsp3) is 0.694. The average molecular weight is 774 g/mol. The molecule has 0 radical (unpaired) electrons. The van der Waals surface area contributed by atoms with Crippen molar-refractivity contribution in [1.29, 1.82) is 0 Å². The lowest BCUT2D eigenvalue weighted by Gasteiger charge is -2.28. The number of aromatic nitrogens is 3. The first kappa shape index (κ1) is 47.0. The third-order valence-electron chi connectivity index (χ3n) is 10.9. The van der Waals surface area contributed by atoms with E-state index in [1.165, 1.54) is 77.0 Å². The van der Waals surface area contributed by atoms with E-state index in [1.54, 1.807) is 0 Å². The molecular weight excluding hydrogens is 695 g/mol. The van der Waals surface area contributed by atoms with Crippen molar-refractivity contribution in [2.24, 2.45) is 5.92 Å². The molecule has 1 heterocycles. The van der Waals surface area contributed by atoms with Gasteiger partial charge >= 0.3 is 12.0 Å². The first-order valence-corrected chi connectivity index (χ1v) is 21.9. The molecule has 2 N–H and O–H groups in total. The molecule has 0 saturated heterocycles. The van der Waals surface area contributed by atoms with Gasteiger partial charge in [0.2, 0.25) is 0 Å². The Morgan fingerprint density at radius 1 is 0.464 bits per heavy atom. The molecule has 3 rings (SSSR count). The van der Waals surface area contributed by atoms with Crippen LogP contribution >= 0.6 is 0 Å². The second-order valence-corrected chi connectivity index (χ2v) is 20.4. The number of nitrogens with zero attached hydrogens (tertiary/aromatic N) is 3. The van der Waals surface area contributed by atoms with Crippen LogP contribution in [0.1, 0.15) is 215 Å². The Labute approximate surface area is 341 Å². The Morgan fingerprint density at radius 2 is 0.768 bits per heavy atom. The molecule has 3 aromatic rings. The third kappa shape index (κ3) is 14.5. The standard InChI is InChI=1S/C49H79N3O4/c1-15-17-19-21-23-25-27-34(28-26-24-22-20-18-16-2)29-41-50-44(55-35-30-37(46(3,4)5)42(53)38(31-35)47(6,7)8)52-45(51-41)56-36-32-39(48(9,10)11)43(54)40(33-36)49(12,13)14/h30-34,53-54H,15-29H2,1-14H3. The smallest absolute Gasteiger partial charge is 0.328 e. The van der Waals surface area contributed by atoms with Gasteiger partial charge in [-0.25, -0.2) is 0 Å². The minimum absolute atomic E-state index is 0.166. The molecule has 2 aromatic carbocycles. The largest absolute Gasteiger partial charge is 0.507 e. The van der Waals surface area contributed by atoms with Crippen LogP contribution in [0.15, 0.2) is 24.3 Å². The van der Waals surface area contributed by atoms with E-state index in [0.717, 1.165) is 35.1 Å². The number of unbranched alkanes of at least 4 members (excludes halogenated alkanes) is 10. The van der Waals surface area contributed by atoms with Crippen molar-refractivity contribution in [2.45, 2.75) is 215 Å². The molecule has 0 aliphatic heterocycles. The molecule has 0 spiro atoms. The highest BCUT2D eigenvalue weighted by molar-refractivity contribution is 5.53. The fourth-order valence-corrected chi connectivity index (χ4v) is 7.43. The lowest BCUT2D eigenvalue weighted by Crippen LogP contribution is -2.17. The highest BCUT2D eigenvalue weighted by atomic mass is 16.5. The Kier molecular flexibility index (Phi) is 17.1. The highest BCUT2D eigenvalue weighted by Gasteiger charge is 2.29. The first-order valence-electron chi connectivity index (χ1n) is 21.9. The van der Waals surface area contributed by atoms with Crippen molar-refractivity contribution < 1.29 is 19.7 Å². The first-order chi connectivity index (χ1) is 26.0. The molecular formula is C49H79N3O4. The van der Waals surface area contributed by atoms with Gasteiger partial charge in [0.1, 0.15) is 28.8 Å². The van der Waals surface area contributed by atoms with Crippen LogP contribution in [0.4, 0.5) is 0 Å². The number of hydrogen-bond acceptors (Lipinski definition) is 7. The zero-order valence-electron chi connectivity index (χ0n) is 38.0. The minimum Gasteiger partial charge on any atom is -0.507 e. The molecule has 0 amide bonds. The summed E-state index contributed by atoms with van der Waals surface area (Å²) >= 11 is 0. The van der Waals surface area contributed by atoms with E-state index in [1.807, 2.05) is 24.3 Å². The van der Waals surface area contributed by atoms with Crippen molar-refractivity contribution in [3.8, 4) is 35.0 Å². The molecule has 0 bridgehead atoms. The van der Waals surface area contributed by atoms with Gasteiger partial charge in [0.15, 0.2) is 0 Å². The van der Waals surface area contributed by atoms with Crippen LogP contribution in [-0.2, 0) is 28.1 Å². The van der Waals surface area contributed by atoms with E-state index in [4.69, 9.17) is 24.4 Å². The van der Waals surface area contributed by atoms with E-state index in [9.17, 15) is 10.2 Å². The summed E-state index contributed by atoms with van der Waals surface area (Å²) in [5.74, 6) is 2.81. The molecule has 7 nitrogen and oxygen atoms in total. The summed E-state index contributed by atoms with van der Waals surface area (Å²) < 4.78 is 13.1. The fourth-order valence-electron chi connectivity index (χ4n) is 7.43. The van der Waals surface area contributed by atoms with Crippen LogP contribution in [0, 0.1) is 5.92 Å². The SMILES string of the molecule is CCCCCCCCC(CCCCCCCC)Cc1nc(Oc2cc(C(C)(C)C)c(O)c(C(C)(C)C)c2)nc(Oc2cc(C(C)(C)C)c(O)c(C(C)(C)C)c2)n1. The lowest BCUT2D eigenvalue weighted by molar-refractivity contribution is 0.365. The predicted octanol–water partition coefficient (Wildman–Crippen LogP) is 14.7. The number of hydrogen-bond donors (Lipinski definition) is 2. The molecule has 0 saturated carbocycles. The number of aromatic hydroxyl groups is 2. The normalized spacial score (nSPS) is 12.8. The van der Waals surface area contributed by atoms with Crippen molar-refractivity contribution in [1.82, 2.24) is 15.0 Å². The van der Waals surface area contributed by atoms with Crippen molar-refractivity contribution in [3.05, 3.63) is 52.3 Å². The van der Waals surface area contributed by atoms with Gasteiger partial charge in [0, 0.05) is 28.7 Å². The van der Waals surface area contributed by atoms with Crippen LogP contribution in [0.2, 0.25) is 0 Å². The van der Waals surface area contributed by atoms with Crippen LogP contribution in [0.25, 0.3) is 0 Å².